The molecule has 0 spiro atoms. The fourth-order valence-corrected chi connectivity index (χ4v) is 1.30. The summed E-state index contributed by atoms with van der Waals surface area (Å²) in [5.41, 5.74) is 7.27. The first kappa shape index (κ1) is 6.67. The molecule has 2 heterocycles. The van der Waals surface area contributed by atoms with Crippen molar-refractivity contribution in [2.24, 2.45) is 0 Å². The Kier molecular flexibility index (Phi) is 1.35. The molecule has 2 aromatic heterocycles. The van der Waals surface area contributed by atoms with E-state index in [1.54, 1.807) is 10.7 Å². The molecule has 0 unspecified atom stereocenters. The normalized spacial score (nSPS) is 10.6. The predicted octanol–water partition coefficient (Wildman–Crippen LogP) is 1.68. The number of aromatic nitrogens is 2. The van der Waals surface area contributed by atoms with E-state index in [-0.39, 0.29) is 0 Å². The van der Waals surface area contributed by atoms with Crippen LogP contribution in [0.25, 0.3) is 5.52 Å². The van der Waals surface area contributed by atoms with Crippen molar-refractivity contribution in [1.29, 1.82) is 0 Å². The van der Waals surface area contributed by atoms with Crippen molar-refractivity contribution in [2.45, 2.75) is 0 Å². The minimum Gasteiger partial charge on any atom is -0.396 e. The zero-order chi connectivity index (χ0) is 7.84. The molecule has 0 saturated carbocycles. The molecule has 0 atom stereocenters. The summed E-state index contributed by atoms with van der Waals surface area (Å²) in [4.78, 5) is 0. The van der Waals surface area contributed by atoms with E-state index in [0.717, 1.165) is 9.99 Å². The van der Waals surface area contributed by atoms with Gasteiger partial charge in [0.1, 0.15) is 0 Å². The number of fused-ring (bicyclic) bond motifs is 1. The highest BCUT2D eigenvalue weighted by atomic mass is 79.9. The van der Waals surface area contributed by atoms with Crippen molar-refractivity contribution in [3.8, 4) is 0 Å². The molecule has 11 heavy (non-hydrogen) atoms. The van der Waals surface area contributed by atoms with Gasteiger partial charge in [0, 0.05) is 10.7 Å². The molecule has 0 aliphatic carbocycles. The average molecular weight is 212 g/mol. The van der Waals surface area contributed by atoms with Gasteiger partial charge in [-0.05, 0) is 28.1 Å². The van der Waals surface area contributed by atoms with Gasteiger partial charge in [0.15, 0.2) is 0 Å². The van der Waals surface area contributed by atoms with Gasteiger partial charge in [-0.3, -0.25) is 0 Å². The van der Waals surface area contributed by atoms with Gasteiger partial charge < -0.3 is 5.73 Å². The van der Waals surface area contributed by atoms with Gasteiger partial charge in [-0.2, -0.15) is 5.10 Å². The van der Waals surface area contributed by atoms with E-state index in [2.05, 4.69) is 21.0 Å². The zero-order valence-corrected chi connectivity index (χ0v) is 7.25. The molecule has 0 aromatic carbocycles. The predicted molar refractivity (Wildman–Crippen MR) is 47.3 cm³/mol. The second-order valence-electron chi connectivity index (χ2n) is 2.28. The maximum Gasteiger partial charge on any atom is 0.0892 e. The van der Waals surface area contributed by atoms with Crippen LogP contribution in [-0.4, -0.2) is 9.61 Å². The van der Waals surface area contributed by atoms with Crippen LogP contribution in [0.5, 0.6) is 0 Å². The Hall–Kier alpha value is -1.03. The molecule has 3 nitrogen and oxygen atoms in total. The summed E-state index contributed by atoms with van der Waals surface area (Å²) in [7, 11) is 0. The monoisotopic (exact) mass is 211 g/mol. The fourth-order valence-electron chi connectivity index (χ4n) is 0.979. The molecule has 0 saturated heterocycles. The van der Waals surface area contributed by atoms with E-state index in [1.165, 1.54) is 0 Å². The number of hydrogen-bond donors (Lipinski definition) is 1. The van der Waals surface area contributed by atoms with Crippen molar-refractivity contribution >= 4 is 27.1 Å². The molecule has 56 valence electrons. The summed E-state index contributed by atoms with van der Waals surface area (Å²) in [5, 5.41) is 4.04. The first-order valence-electron chi connectivity index (χ1n) is 3.16. The maximum atomic E-state index is 5.63. The number of rotatable bonds is 0. The highest BCUT2D eigenvalue weighted by molar-refractivity contribution is 9.10. The molecule has 2 N–H and O–H groups in total. The lowest BCUT2D eigenvalue weighted by Crippen LogP contribution is -1.86. The number of nitrogens with zero attached hydrogens (tertiary/aromatic N) is 2. The lowest BCUT2D eigenvalue weighted by molar-refractivity contribution is 0.956. The third-order valence-corrected chi connectivity index (χ3v) is 1.98. The lowest BCUT2D eigenvalue weighted by Gasteiger charge is -1.93. The number of nitrogens with two attached hydrogens (primary N) is 1. The summed E-state index contributed by atoms with van der Waals surface area (Å²) in [6, 6.07) is 3.86. The summed E-state index contributed by atoms with van der Waals surface area (Å²) < 4.78 is 2.73. The molecule has 2 rings (SSSR count). The van der Waals surface area contributed by atoms with Crippen molar-refractivity contribution in [3.63, 3.8) is 0 Å². The van der Waals surface area contributed by atoms with Crippen LogP contribution in [0.3, 0.4) is 0 Å². The summed E-state index contributed by atoms with van der Waals surface area (Å²) >= 11 is 3.34. The number of pyridine rings is 1. The van der Waals surface area contributed by atoms with Gasteiger partial charge in [-0.15, -0.1) is 0 Å². The van der Waals surface area contributed by atoms with Crippen LogP contribution in [-0.2, 0) is 0 Å². The molecule has 0 fully saturated rings. The van der Waals surface area contributed by atoms with Gasteiger partial charge in [0.05, 0.1) is 17.4 Å². The molecular formula is C7H6BrN3. The van der Waals surface area contributed by atoms with E-state index >= 15 is 0 Å². The highest BCUT2D eigenvalue weighted by Gasteiger charge is 1.98. The van der Waals surface area contributed by atoms with Crippen LogP contribution < -0.4 is 5.73 Å². The van der Waals surface area contributed by atoms with Gasteiger partial charge >= 0.3 is 0 Å². The van der Waals surface area contributed by atoms with Crippen LogP contribution in [0, 0.1) is 0 Å². The molecule has 0 aliphatic heterocycles. The minimum atomic E-state index is 0.706. The fraction of sp³-hybridized carbons (Fsp3) is 0. The van der Waals surface area contributed by atoms with Crippen LogP contribution in [0.1, 0.15) is 0 Å². The van der Waals surface area contributed by atoms with E-state index in [4.69, 9.17) is 5.73 Å². The van der Waals surface area contributed by atoms with Crippen molar-refractivity contribution in [3.05, 3.63) is 29.0 Å². The first-order valence-corrected chi connectivity index (χ1v) is 3.95. The molecule has 0 aliphatic rings. The lowest BCUT2D eigenvalue weighted by atomic mass is 10.4. The highest BCUT2D eigenvalue weighted by Crippen LogP contribution is 2.15. The van der Waals surface area contributed by atoms with Crippen molar-refractivity contribution in [2.75, 3.05) is 5.73 Å². The topological polar surface area (TPSA) is 43.3 Å². The van der Waals surface area contributed by atoms with E-state index in [9.17, 15) is 0 Å². The second-order valence-corrected chi connectivity index (χ2v) is 3.19. The van der Waals surface area contributed by atoms with E-state index in [0.29, 0.717) is 5.69 Å². The molecule has 4 heteroatoms. The SMILES string of the molecule is Nc1cnn2cc(Br)ccc12. The Morgan fingerprint density at radius 2 is 2.27 bits per heavy atom. The third-order valence-electron chi connectivity index (χ3n) is 1.51. The Morgan fingerprint density at radius 3 is 3.09 bits per heavy atom. The smallest absolute Gasteiger partial charge is 0.0892 e. The first-order chi connectivity index (χ1) is 5.27. The van der Waals surface area contributed by atoms with Crippen LogP contribution in [0.4, 0.5) is 5.69 Å². The molecule has 0 radical (unpaired) electrons. The van der Waals surface area contributed by atoms with Crippen molar-refractivity contribution < 1.29 is 0 Å². The Bertz CT molecular complexity index is 393. The third kappa shape index (κ3) is 0.991. The van der Waals surface area contributed by atoms with Gasteiger partial charge in [0.2, 0.25) is 0 Å². The Balaban J connectivity index is 2.86. The Labute approximate surface area is 71.9 Å². The van der Waals surface area contributed by atoms with E-state index < -0.39 is 0 Å². The largest absolute Gasteiger partial charge is 0.396 e. The zero-order valence-electron chi connectivity index (χ0n) is 5.66. The maximum absolute atomic E-state index is 5.63. The number of nitrogen functional groups attached to an aromatic ring is 1. The summed E-state index contributed by atoms with van der Waals surface area (Å²) in [6.07, 6.45) is 3.51. The Morgan fingerprint density at radius 1 is 1.45 bits per heavy atom. The van der Waals surface area contributed by atoms with E-state index in [1.807, 2.05) is 18.3 Å². The number of halogens is 1. The van der Waals surface area contributed by atoms with Gasteiger partial charge in [-0.1, -0.05) is 0 Å². The molecule has 0 bridgehead atoms. The minimum absolute atomic E-state index is 0.706. The van der Waals surface area contributed by atoms with Crippen LogP contribution in [0.2, 0.25) is 0 Å². The second kappa shape index (κ2) is 2.23. The molecular weight excluding hydrogens is 206 g/mol. The summed E-state index contributed by atoms with van der Waals surface area (Å²) in [6.45, 7) is 0. The standard InChI is InChI=1S/C7H6BrN3/c8-5-1-2-7-6(9)3-10-11(7)4-5/h1-4H,9H2. The number of anilines is 1. The van der Waals surface area contributed by atoms with Gasteiger partial charge in [0.25, 0.3) is 0 Å². The van der Waals surface area contributed by atoms with Crippen LogP contribution in [0.15, 0.2) is 29.0 Å². The van der Waals surface area contributed by atoms with Crippen LogP contribution >= 0.6 is 15.9 Å². The molecule has 0 amide bonds. The average Bonchev–Trinajstić information content (AvgIpc) is 2.32. The van der Waals surface area contributed by atoms with Crippen molar-refractivity contribution in [1.82, 2.24) is 9.61 Å². The van der Waals surface area contributed by atoms with Gasteiger partial charge in [-0.25, -0.2) is 4.52 Å². The number of hydrogen-bond acceptors (Lipinski definition) is 2. The quantitative estimate of drug-likeness (QED) is 0.721. The summed E-state index contributed by atoms with van der Waals surface area (Å²) in [5.74, 6) is 0. The molecule has 2 aromatic rings.